The van der Waals surface area contributed by atoms with Gasteiger partial charge in [0.1, 0.15) is 0 Å². The quantitative estimate of drug-likeness (QED) is 0.546. The van der Waals surface area contributed by atoms with E-state index in [-0.39, 0.29) is 0 Å². The molecule has 16 heavy (non-hydrogen) atoms. The first-order valence-corrected chi connectivity index (χ1v) is 7.16. The van der Waals surface area contributed by atoms with Crippen LogP contribution in [0, 0.1) is 0 Å². The smallest absolute Gasteiger partial charge is 0.00103 e. The van der Waals surface area contributed by atoms with Crippen molar-refractivity contribution in [2.75, 3.05) is 26.2 Å². The minimum atomic E-state index is 0.639. The minimum absolute atomic E-state index is 0.639. The van der Waals surface area contributed by atoms with Crippen LogP contribution in [0.5, 0.6) is 0 Å². The first-order chi connectivity index (χ1) is 7.70. The molecule has 0 atom stereocenters. The Balaban J connectivity index is 3.19. The molecule has 0 aromatic rings. The lowest BCUT2D eigenvalue weighted by molar-refractivity contribution is 0.281. The molecule has 0 amide bonds. The lowest BCUT2D eigenvalue weighted by atomic mass is 10.2. The van der Waals surface area contributed by atoms with Crippen molar-refractivity contribution in [3.63, 3.8) is 0 Å². The van der Waals surface area contributed by atoms with Crippen LogP contribution in [0.2, 0.25) is 0 Å². The standard InChI is InChI=1S/C14H32N2/c1-5-12-16(6-2)13-10-8-7-9-11-15-14(3)4/h14-15H,5-13H2,1-4H3. The molecule has 0 bridgehead atoms. The Morgan fingerprint density at radius 3 is 2.19 bits per heavy atom. The third-order valence-corrected chi connectivity index (χ3v) is 2.94. The Morgan fingerprint density at radius 1 is 0.938 bits per heavy atom. The second kappa shape index (κ2) is 11.4. The molecule has 0 saturated heterocycles. The fraction of sp³-hybridized carbons (Fsp3) is 1.00. The van der Waals surface area contributed by atoms with Gasteiger partial charge < -0.3 is 10.2 Å². The van der Waals surface area contributed by atoms with Gasteiger partial charge in [0.25, 0.3) is 0 Å². The van der Waals surface area contributed by atoms with E-state index in [0.717, 1.165) is 0 Å². The first kappa shape index (κ1) is 15.9. The topological polar surface area (TPSA) is 15.3 Å². The molecule has 0 rings (SSSR count). The molecule has 0 aliphatic carbocycles. The highest BCUT2D eigenvalue weighted by molar-refractivity contribution is 4.56. The fourth-order valence-electron chi connectivity index (χ4n) is 1.95. The third kappa shape index (κ3) is 10.4. The summed E-state index contributed by atoms with van der Waals surface area (Å²) in [5.41, 5.74) is 0. The number of hydrogen-bond donors (Lipinski definition) is 1. The summed E-state index contributed by atoms with van der Waals surface area (Å²) in [5, 5.41) is 3.47. The molecule has 0 aliphatic heterocycles. The Kier molecular flexibility index (Phi) is 11.3. The van der Waals surface area contributed by atoms with E-state index >= 15 is 0 Å². The summed E-state index contributed by atoms with van der Waals surface area (Å²) in [6, 6.07) is 0.639. The van der Waals surface area contributed by atoms with E-state index in [1.165, 1.54) is 58.3 Å². The molecule has 0 saturated carbocycles. The Bertz CT molecular complexity index is 135. The molecule has 2 nitrogen and oxygen atoms in total. The average molecular weight is 228 g/mol. The summed E-state index contributed by atoms with van der Waals surface area (Å²) < 4.78 is 0. The lowest BCUT2D eigenvalue weighted by Gasteiger charge is -2.19. The molecule has 0 heterocycles. The van der Waals surface area contributed by atoms with Gasteiger partial charge in [-0.05, 0) is 45.4 Å². The largest absolute Gasteiger partial charge is 0.315 e. The molecule has 0 spiro atoms. The molecule has 0 fully saturated rings. The zero-order valence-corrected chi connectivity index (χ0v) is 11.9. The van der Waals surface area contributed by atoms with Gasteiger partial charge in [-0.25, -0.2) is 0 Å². The van der Waals surface area contributed by atoms with Crippen molar-refractivity contribution in [1.82, 2.24) is 10.2 Å². The Labute approximate surface area is 103 Å². The third-order valence-electron chi connectivity index (χ3n) is 2.94. The zero-order chi connectivity index (χ0) is 12.2. The van der Waals surface area contributed by atoms with Gasteiger partial charge in [0.15, 0.2) is 0 Å². The monoisotopic (exact) mass is 228 g/mol. The van der Waals surface area contributed by atoms with Gasteiger partial charge >= 0.3 is 0 Å². The van der Waals surface area contributed by atoms with E-state index < -0.39 is 0 Å². The Morgan fingerprint density at radius 2 is 1.62 bits per heavy atom. The molecule has 0 aromatic carbocycles. The SMILES string of the molecule is CCCN(CC)CCCCCCNC(C)C. The predicted molar refractivity (Wildman–Crippen MR) is 74.0 cm³/mol. The van der Waals surface area contributed by atoms with Crippen molar-refractivity contribution in [3.8, 4) is 0 Å². The molecule has 0 unspecified atom stereocenters. The first-order valence-electron chi connectivity index (χ1n) is 7.16. The summed E-state index contributed by atoms with van der Waals surface area (Å²) >= 11 is 0. The van der Waals surface area contributed by atoms with Crippen LogP contribution in [-0.2, 0) is 0 Å². The predicted octanol–water partition coefficient (Wildman–Crippen LogP) is 3.28. The number of hydrogen-bond acceptors (Lipinski definition) is 2. The van der Waals surface area contributed by atoms with Crippen LogP contribution < -0.4 is 5.32 Å². The zero-order valence-electron chi connectivity index (χ0n) is 11.9. The summed E-state index contributed by atoms with van der Waals surface area (Å²) in [4.78, 5) is 2.56. The second-order valence-corrected chi connectivity index (χ2v) is 4.96. The van der Waals surface area contributed by atoms with Crippen LogP contribution in [0.25, 0.3) is 0 Å². The molecule has 0 aromatic heterocycles. The van der Waals surface area contributed by atoms with Crippen LogP contribution in [0.4, 0.5) is 0 Å². The highest BCUT2D eigenvalue weighted by atomic mass is 15.1. The number of unbranched alkanes of at least 4 members (excludes halogenated alkanes) is 3. The summed E-state index contributed by atoms with van der Waals surface area (Å²) in [5.74, 6) is 0. The fourth-order valence-corrected chi connectivity index (χ4v) is 1.95. The number of nitrogens with one attached hydrogen (secondary N) is 1. The highest BCUT2D eigenvalue weighted by Crippen LogP contribution is 2.02. The maximum absolute atomic E-state index is 3.47. The van der Waals surface area contributed by atoms with Gasteiger partial charge in [0, 0.05) is 6.04 Å². The number of rotatable bonds is 11. The molecule has 98 valence electrons. The van der Waals surface area contributed by atoms with Crippen molar-refractivity contribution >= 4 is 0 Å². The maximum Gasteiger partial charge on any atom is 0.00103 e. The molecule has 2 heteroatoms. The van der Waals surface area contributed by atoms with E-state index in [0.29, 0.717) is 6.04 Å². The van der Waals surface area contributed by atoms with E-state index in [2.05, 4.69) is 37.9 Å². The van der Waals surface area contributed by atoms with Gasteiger partial charge in [-0.3, -0.25) is 0 Å². The second-order valence-electron chi connectivity index (χ2n) is 4.96. The summed E-state index contributed by atoms with van der Waals surface area (Å²) in [6.45, 7) is 13.9. The van der Waals surface area contributed by atoms with Crippen LogP contribution >= 0.6 is 0 Å². The van der Waals surface area contributed by atoms with Crippen molar-refractivity contribution in [1.29, 1.82) is 0 Å². The number of nitrogens with zero attached hydrogens (tertiary/aromatic N) is 1. The van der Waals surface area contributed by atoms with Crippen LogP contribution in [-0.4, -0.2) is 37.1 Å². The molecule has 0 radical (unpaired) electrons. The van der Waals surface area contributed by atoms with E-state index in [4.69, 9.17) is 0 Å². The van der Waals surface area contributed by atoms with Gasteiger partial charge in [-0.15, -0.1) is 0 Å². The maximum atomic E-state index is 3.47. The molecule has 1 N–H and O–H groups in total. The average Bonchev–Trinajstić information content (AvgIpc) is 2.26. The van der Waals surface area contributed by atoms with Crippen LogP contribution in [0.15, 0.2) is 0 Å². The molecule has 0 aliphatic rings. The van der Waals surface area contributed by atoms with Crippen LogP contribution in [0.3, 0.4) is 0 Å². The van der Waals surface area contributed by atoms with E-state index in [1.54, 1.807) is 0 Å². The van der Waals surface area contributed by atoms with E-state index in [9.17, 15) is 0 Å². The van der Waals surface area contributed by atoms with Gasteiger partial charge in [-0.1, -0.05) is 40.5 Å². The highest BCUT2D eigenvalue weighted by Gasteiger charge is 1.99. The molecular formula is C14H32N2. The minimum Gasteiger partial charge on any atom is -0.315 e. The summed E-state index contributed by atoms with van der Waals surface area (Å²) in [6.07, 6.45) is 6.75. The van der Waals surface area contributed by atoms with Crippen LogP contribution in [0.1, 0.15) is 59.8 Å². The molecular weight excluding hydrogens is 196 g/mol. The Hall–Kier alpha value is -0.0800. The van der Waals surface area contributed by atoms with Gasteiger partial charge in [0.05, 0.1) is 0 Å². The van der Waals surface area contributed by atoms with Gasteiger partial charge in [0.2, 0.25) is 0 Å². The summed E-state index contributed by atoms with van der Waals surface area (Å²) in [7, 11) is 0. The van der Waals surface area contributed by atoms with Crippen molar-refractivity contribution in [3.05, 3.63) is 0 Å². The normalized spacial score (nSPS) is 11.6. The van der Waals surface area contributed by atoms with Crippen molar-refractivity contribution in [2.45, 2.75) is 65.8 Å². The van der Waals surface area contributed by atoms with Gasteiger partial charge in [-0.2, -0.15) is 0 Å². The lowest BCUT2D eigenvalue weighted by Crippen LogP contribution is -2.25. The van der Waals surface area contributed by atoms with E-state index in [1.807, 2.05) is 0 Å². The van der Waals surface area contributed by atoms with Crippen molar-refractivity contribution < 1.29 is 0 Å². The van der Waals surface area contributed by atoms with Crippen molar-refractivity contribution in [2.24, 2.45) is 0 Å².